The van der Waals surface area contributed by atoms with Crippen molar-refractivity contribution in [1.29, 1.82) is 0 Å². The lowest BCUT2D eigenvalue weighted by Gasteiger charge is -2.00. The summed E-state index contributed by atoms with van der Waals surface area (Å²) in [6.45, 7) is 0. The SMILES string of the molecule is [CH2]S(=O)(=O)c1ccc(OC)cc1. The molecule has 3 nitrogen and oxygen atoms in total. The highest BCUT2D eigenvalue weighted by Crippen LogP contribution is 2.15. The highest BCUT2D eigenvalue weighted by molar-refractivity contribution is 7.92. The molecule has 0 aliphatic heterocycles. The van der Waals surface area contributed by atoms with E-state index < -0.39 is 9.84 Å². The van der Waals surface area contributed by atoms with Crippen LogP contribution in [0.1, 0.15) is 0 Å². The average molecular weight is 185 g/mol. The van der Waals surface area contributed by atoms with E-state index in [0.717, 1.165) is 0 Å². The van der Waals surface area contributed by atoms with Crippen molar-refractivity contribution in [2.24, 2.45) is 0 Å². The first kappa shape index (κ1) is 9.06. The van der Waals surface area contributed by atoms with E-state index in [1.165, 1.54) is 19.2 Å². The molecule has 0 aliphatic rings. The van der Waals surface area contributed by atoms with Crippen LogP contribution in [0, 0.1) is 6.26 Å². The van der Waals surface area contributed by atoms with Crippen LogP contribution in [0.4, 0.5) is 0 Å². The molecule has 1 aromatic carbocycles. The minimum atomic E-state index is -3.33. The van der Waals surface area contributed by atoms with Crippen molar-refractivity contribution < 1.29 is 13.2 Å². The fraction of sp³-hybridized carbons (Fsp3) is 0.125. The minimum Gasteiger partial charge on any atom is -0.497 e. The van der Waals surface area contributed by atoms with Gasteiger partial charge in [0.05, 0.1) is 18.3 Å². The van der Waals surface area contributed by atoms with Crippen LogP contribution in [0.5, 0.6) is 5.75 Å². The first-order valence-corrected chi connectivity index (χ1v) is 4.91. The Labute approximate surface area is 71.9 Å². The third kappa shape index (κ3) is 1.98. The Morgan fingerprint density at radius 3 is 2.08 bits per heavy atom. The molecule has 0 atom stereocenters. The lowest BCUT2D eigenvalue weighted by molar-refractivity contribution is 0.414. The Morgan fingerprint density at radius 1 is 1.25 bits per heavy atom. The van der Waals surface area contributed by atoms with Gasteiger partial charge in [0, 0.05) is 0 Å². The summed E-state index contributed by atoms with van der Waals surface area (Å²) in [7, 11) is -1.81. The molecule has 0 aliphatic carbocycles. The van der Waals surface area contributed by atoms with Crippen molar-refractivity contribution in [3.63, 3.8) is 0 Å². The highest BCUT2D eigenvalue weighted by Gasteiger charge is 2.05. The molecule has 12 heavy (non-hydrogen) atoms. The zero-order chi connectivity index (χ0) is 9.19. The molecule has 0 amide bonds. The summed E-state index contributed by atoms with van der Waals surface area (Å²) >= 11 is 0. The number of ether oxygens (including phenoxy) is 1. The van der Waals surface area contributed by atoms with Crippen molar-refractivity contribution >= 4 is 9.84 Å². The fourth-order valence-corrected chi connectivity index (χ4v) is 1.33. The molecule has 1 aromatic rings. The second-order valence-corrected chi connectivity index (χ2v) is 3.99. The lowest BCUT2D eigenvalue weighted by Crippen LogP contribution is -1.93. The largest absolute Gasteiger partial charge is 0.497 e. The minimum absolute atomic E-state index is 0.198. The molecule has 1 radical (unpaired) electrons. The van der Waals surface area contributed by atoms with E-state index in [-0.39, 0.29) is 4.90 Å². The molecule has 4 heteroatoms. The zero-order valence-electron chi connectivity index (χ0n) is 6.65. The van der Waals surface area contributed by atoms with Crippen molar-refractivity contribution in [3.8, 4) is 5.75 Å². The first-order valence-electron chi connectivity index (χ1n) is 3.26. The third-order valence-corrected chi connectivity index (χ3v) is 2.41. The molecule has 1 rings (SSSR count). The van der Waals surface area contributed by atoms with E-state index >= 15 is 0 Å². The normalized spacial score (nSPS) is 11.2. The quantitative estimate of drug-likeness (QED) is 0.696. The van der Waals surface area contributed by atoms with Crippen LogP contribution in [0.2, 0.25) is 0 Å². The van der Waals surface area contributed by atoms with E-state index in [4.69, 9.17) is 4.74 Å². The van der Waals surface area contributed by atoms with Gasteiger partial charge in [-0.25, -0.2) is 8.42 Å². The zero-order valence-corrected chi connectivity index (χ0v) is 7.47. The second kappa shape index (κ2) is 3.15. The van der Waals surface area contributed by atoms with Gasteiger partial charge in [-0.2, -0.15) is 0 Å². The predicted molar refractivity (Wildman–Crippen MR) is 45.5 cm³/mol. The van der Waals surface area contributed by atoms with Crippen LogP contribution >= 0.6 is 0 Å². The van der Waals surface area contributed by atoms with E-state index in [9.17, 15) is 8.42 Å². The third-order valence-electron chi connectivity index (χ3n) is 1.42. The summed E-state index contributed by atoms with van der Waals surface area (Å²) in [6, 6.07) is 6.08. The monoisotopic (exact) mass is 185 g/mol. The van der Waals surface area contributed by atoms with Crippen molar-refractivity contribution in [2.75, 3.05) is 7.11 Å². The van der Waals surface area contributed by atoms with Crippen molar-refractivity contribution in [3.05, 3.63) is 30.5 Å². The number of rotatable bonds is 2. The fourth-order valence-electron chi connectivity index (χ4n) is 0.783. The van der Waals surface area contributed by atoms with Crippen LogP contribution in [-0.4, -0.2) is 15.5 Å². The Kier molecular flexibility index (Phi) is 2.38. The molecule has 0 N–H and O–H groups in total. The molecule has 0 spiro atoms. The maximum absolute atomic E-state index is 10.9. The Hall–Kier alpha value is -1.03. The number of benzene rings is 1. The number of sulfone groups is 1. The second-order valence-electron chi connectivity index (χ2n) is 2.29. The molecular weight excluding hydrogens is 176 g/mol. The summed E-state index contributed by atoms with van der Waals surface area (Å²) < 4.78 is 26.6. The first-order chi connectivity index (χ1) is 5.54. The van der Waals surface area contributed by atoms with E-state index in [2.05, 4.69) is 6.26 Å². The molecule has 65 valence electrons. The summed E-state index contributed by atoms with van der Waals surface area (Å²) in [5.74, 6) is 0.627. The van der Waals surface area contributed by atoms with Crippen LogP contribution in [0.25, 0.3) is 0 Å². The molecule has 0 aromatic heterocycles. The van der Waals surface area contributed by atoms with E-state index in [0.29, 0.717) is 5.75 Å². The lowest BCUT2D eigenvalue weighted by atomic mass is 10.3. The average Bonchev–Trinajstić information content (AvgIpc) is 2.03. The van der Waals surface area contributed by atoms with Gasteiger partial charge in [-0.1, -0.05) is 0 Å². The molecular formula is C8H9O3S. The number of methoxy groups -OCH3 is 1. The van der Waals surface area contributed by atoms with Gasteiger partial charge in [-0.3, -0.25) is 0 Å². The van der Waals surface area contributed by atoms with E-state index in [1.807, 2.05) is 0 Å². The Morgan fingerprint density at radius 2 is 1.75 bits per heavy atom. The molecule has 0 bridgehead atoms. The van der Waals surface area contributed by atoms with Gasteiger partial charge in [0.1, 0.15) is 5.75 Å². The standard InChI is InChI=1S/C8H9O3S/c1-11-7-3-5-8(6-4-7)12(2,9)10/h3-6H,2H2,1H3. The van der Waals surface area contributed by atoms with Gasteiger partial charge in [0.25, 0.3) is 0 Å². The van der Waals surface area contributed by atoms with Crippen LogP contribution in [0.15, 0.2) is 29.2 Å². The molecule has 0 saturated heterocycles. The maximum atomic E-state index is 10.9. The van der Waals surface area contributed by atoms with Crippen molar-refractivity contribution in [1.82, 2.24) is 0 Å². The maximum Gasteiger partial charge on any atom is 0.179 e. The van der Waals surface area contributed by atoms with Gasteiger partial charge in [-0.05, 0) is 24.3 Å². The smallest absolute Gasteiger partial charge is 0.179 e. The topological polar surface area (TPSA) is 43.4 Å². The van der Waals surface area contributed by atoms with E-state index in [1.54, 1.807) is 12.1 Å². The highest BCUT2D eigenvalue weighted by atomic mass is 32.2. The summed E-state index contributed by atoms with van der Waals surface area (Å²) in [5.41, 5.74) is 0. The molecule has 0 saturated carbocycles. The van der Waals surface area contributed by atoms with Gasteiger partial charge in [0.15, 0.2) is 9.84 Å². The van der Waals surface area contributed by atoms with Gasteiger partial charge in [0.2, 0.25) is 0 Å². The number of hydrogen-bond donors (Lipinski definition) is 0. The summed E-state index contributed by atoms with van der Waals surface area (Å²) in [5, 5.41) is 0. The molecule has 0 unspecified atom stereocenters. The van der Waals surface area contributed by atoms with Gasteiger partial charge >= 0.3 is 0 Å². The van der Waals surface area contributed by atoms with Gasteiger partial charge in [-0.15, -0.1) is 0 Å². The molecule has 0 fully saturated rings. The van der Waals surface area contributed by atoms with Crippen LogP contribution in [0.3, 0.4) is 0 Å². The van der Waals surface area contributed by atoms with Crippen LogP contribution < -0.4 is 4.74 Å². The van der Waals surface area contributed by atoms with Crippen LogP contribution in [-0.2, 0) is 9.84 Å². The van der Waals surface area contributed by atoms with Crippen molar-refractivity contribution in [2.45, 2.75) is 4.90 Å². The summed E-state index contributed by atoms with van der Waals surface area (Å²) in [4.78, 5) is 0.198. The molecule has 0 heterocycles. The Balaban J connectivity index is 3.09. The predicted octanol–water partition coefficient (Wildman–Crippen LogP) is 1.26. The number of hydrogen-bond acceptors (Lipinski definition) is 3. The summed E-state index contributed by atoms with van der Waals surface area (Å²) in [6.07, 6.45) is 3.03. The van der Waals surface area contributed by atoms with Gasteiger partial charge < -0.3 is 4.74 Å². The Bertz CT molecular complexity index is 350.